The fourth-order valence-corrected chi connectivity index (χ4v) is 2.87. The summed E-state index contributed by atoms with van der Waals surface area (Å²) in [6.07, 6.45) is 3.50. The Hall–Kier alpha value is -2.28. The second-order valence-corrected chi connectivity index (χ2v) is 5.94. The van der Waals surface area contributed by atoms with Crippen molar-refractivity contribution in [2.75, 3.05) is 6.54 Å². The van der Waals surface area contributed by atoms with Gasteiger partial charge in [0.05, 0.1) is 16.4 Å². The van der Waals surface area contributed by atoms with Crippen molar-refractivity contribution in [2.45, 2.75) is 26.2 Å². The number of para-hydroxylation sites is 1. The SMILES string of the molecule is CCc1cnc(CCNC(=O)Cc2ccccc2[N+](=O)[O-])s1. The van der Waals surface area contributed by atoms with Gasteiger partial charge >= 0.3 is 0 Å². The highest BCUT2D eigenvalue weighted by atomic mass is 32.1. The molecule has 6 nitrogen and oxygen atoms in total. The van der Waals surface area contributed by atoms with Gasteiger partial charge in [-0.3, -0.25) is 14.9 Å². The van der Waals surface area contributed by atoms with Gasteiger partial charge in [0.25, 0.3) is 5.69 Å². The summed E-state index contributed by atoms with van der Waals surface area (Å²) in [4.78, 5) is 27.8. The molecule has 1 heterocycles. The lowest BCUT2D eigenvalue weighted by Gasteiger charge is -2.04. The predicted octanol–water partition coefficient (Wildman–Crippen LogP) is 2.52. The number of hydrogen-bond acceptors (Lipinski definition) is 5. The lowest BCUT2D eigenvalue weighted by Crippen LogP contribution is -2.27. The minimum absolute atomic E-state index is 0.00916. The molecule has 0 unspecified atom stereocenters. The number of hydrogen-bond donors (Lipinski definition) is 1. The number of nitro benzene ring substituents is 1. The average molecular weight is 319 g/mol. The summed E-state index contributed by atoms with van der Waals surface area (Å²) < 4.78 is 0. The number of rotatable bonds is 7. The van der Waals surface area contributed by atoms with E-state index in [1.54, 1.807) is 29.5 Å². The summed E-state index contributed by atoms with van der Waals surface area (Å²) in [6, 6.07) is 6.29. The minimum Gasteiger partial charge on any atom is -0.355 e. The number of nitro groups is 1. The first-order valence-corrected chi connectivity index (χ1v) is 7.84. The fraction of sp³-hybridized carbons (Fsp3) is 0.333. The first-order chi connectivity index (χ1) is 10.6. The summed E-state index contributed by atoms with van der Waals surface area (Å²) in [5.41, 5.74) is 0.401. The smallest absolute Gasteiger partial charge is 0.273 e. The van der Waals surface area contributed by atoms with E-state index < -0.39 is 4.92 Å². The van der Waals surface area contributed by atoms with Crippen LogP contribution in [0.2, 0.25) is 0 Å². The van der Waals surface area contributed by atoms with Crippen LogP contribution in [0.25, 0.3) is 0 Å². The zero-order valence-electron chi connectivity index (χ0n) is 12.2. The predicted molar refractivity (Wildman–Crippen MR) is 85.0 cm³/mol. The van der Waals surface area contributed by atoms with Crippen LogP contribution in [-0.4, -0.2) is 22.4 Å². The van der Waals surface area contributed by atoms with Crippen molar-refractivity contribution in [1.29, 1.82) is 0 Å². The molecule has 1 aromatic carbocycles. The Labute approximate surface area is 132 Å². The molecule has 0 atom stereocenters. The van der Waals surface area contributed by atoms with Crippen LogP contribution in [0.5, 0.6) is 0 Å². The Balaban J connectivity index is 1.84. The maximum atomic E-state index is 11.9. The summed E-state index contributed by atoms with van der Waals surface area (Å²) in [5, 5.41) is 14.7. The van der Waals surface area contributed by atoms with Crippen LogP contribution in [-0.2, 0) is 24.1 Å². The largest absolute Gasteiger partial charge is 0.355 e. The van der Waals surface area contributed by atoms with E-state index in [9.17, 15) is 14.9 Å². The molecule has 1 aromatic heterocycles. The third-order valence-corrected chi connectivity index (χ3v) is 4.35. The Morgan fingerprint density at radius 1 is 1.41 bits per heavy atom. The molecule has 7 heteroatoms. The lowest BCUT2D eigenvalue weighted by atomic mass is 10.1. The Bertz CT molecular complexity index is 670. The third kappa shape index (κ3) is 4.36. The van der Waals surface area contributed by atoms with Gasteiger partial charge in [-0.05, 0) is 6.42 Å². The Morgan fingerprint density at radius 2 is 2.18 bits per heavy atom. The van der Waals surface area contributed by atoms with Crippen LogP contribution in [0.3, 0.4) is 0 Å². The molecular weight excluding hydrogens is 302 g/mol. The van der Waals surface area contributed by atoms with Gasteiger partial charge in [-0.2, -0.15) is 0 Å². The van der Waals surface area contributed by atoms with Gasteiger partial charge < -0.3 is 5.32 Å². The Morgan fingerprint density at radius 3 is 2.86 bits per heavy atom. The van der Waals surface area contributed by atoms with E-state index in [1.807, 2.05) is 6.20 Å². The highest BCUT2D eigenvalue weighted by molar-refractivity contribution is 7.11. The molecule has 0 fully saturated rings. The normalized spacial score (nSPS) is 10.4. The summed E-state index contributed by atoms with van der Waals surface area (Å²) in [6.45, 7) is 2.56. The van der Waals surface area contributed by atoms with Gasteiger partial charge in [0.1, 0.15) is 0 Å². The number of aromatic nitrogens is 1. The van der Waals surface area contributed by atoms with E-state index >= 15 is 0 Å². The third-order valence-electron chi connectivity index (χ3n) is 3.15. The molecule has 0 aliphatic rings. The van der Waals surface area contributed by atoms with Crippen molar-refractivity contribution in [1.82, 2.24) is 10.3 Å². The number of benzene rings is 1. The van der Waals surface area contributed by atoms with Crippen LogP contribution in [0.1, 0.15) is 22.4 Å². The fourth-order valence-electron chi connectivity index (χ4n) is 2.01. The van der Waals surface area contributed by atoms with Gasteiger partial charge in [0.15, 0.2) is 0 Å². The average Bonchev–Trinajstić information content (AvgIpc) is 2.95. The summed E-state index contributed by atoms with van der Waals surface area (Å²) >= 11 is 1.64. The van der Waals surface area contributed by atoms with Crippen molar-refractivity contribution in [3.63, 3.8) is 0 Å². The van der Waals surface area contributed by atoms with Crippen LogP contribution in [0.4, 0.5) is 5.69 Å². The minimum atomic E-state index is -0.468. The van der Waals surface area contributed by atoms with E-state index in [4.69, 9.17) is 0 Å². The second kappa shape index (κ2) is 7.65. The maximum Gasteiger partial charge on any atom is 0.273 e. The van der Waals surface area contributed by atoms with Gasteiger partial charge in [0.2, 0.25) is 5.91 Å². The standard InChI is InChI=1S/C15H17N3O3S/c1-2-12-10-17-15(22-12)7-8-16-14(19)9-11-5-3-4-6-13(11)18(20)21/h3-6,10H,2,7-9H2,1H3,(H,16,19). The lowest BCUT2D eigenvalue weighted by molar-refractivity contribution is -0.385. The molecule has 1 amide bonds. The van der Waals surface area contributed by atoms with Gasteiger partial charge in [-0.15, -0.1) is 11.3 Å². The van der Waals surface area contributed by atoms with Gasteiger partial charge in [0, 0.05) is 35.7 Å². The molecule has 0 aliphatic heterocycles. The van der Waals surface area contributed by atoms with Crippen molar-refractivity contribution in [2.24, 2.45) is 0 Å². The Kier molecular flexibility index (Phi) is 5.60. The summed E-state index contributed by atoms with van der Waals surface area (Å²) in [7, 11) is 0. The molecule has 22 heavy (non-hydrogen) atoms. The molecule has 2 rings (SSSR count). The molecule has 0 spiro atoms. The number of carbonyl (C=O) groups is 1. The molecule has 0 aliphatic carbocycles. The highest BCUT2D eigenvalue weighted by Crippen LogP contribution is 2.18. The second-order valence-electron chi connectivity index (χ2n) is 4.74. The molecular formula is C15H17N3O3S. The van der Waals surface area contributed by atoms with E-state index in [2.05, 4.69) is 17.2 Å². The van der Waals surface area contributed by atoms with Crippen molar-refractivity contribution < 1.29 is 9.72 Å². The number of aryl methyl sites for hydroxylation is 1. The number of nitrogens with one attached hydrogen (secondary N) is 1. The molecule has 0 saturated heterocycles. The quantitative estimate of drug-likeness (QED) is 0.627. The number of thiazole rings is 1. The first-order valence-electron chi connectivity index (χ1n) is 7.02. The van der Waals surface area contributed by atoms with Crippen LogP contribution < -0.4 is 5.32 Å². The van der Waals surface area contributed by atoms with Crippen molar-refractivity contribution in [3.8, 4) is 0 Å². The number of nitrogens with zero attached hydrogens (tertiary/aromatic N) is 2. The first kappa shape index (κ1) is 16.1. The van der Waals surface area contributed by atoms with Crippen molar-refractivity contribution >= 4 is 22.9 Å². The van der Waals surface area contributed by atoms with E-state index in [1.165, 1.54) is 10.9 Å². The topological polar surface area (TPSA) is 85.1 Å². The monoisotopic (exact) mass is 319 g/mol. The number of amides is 1. The molecule has 0 saturated carbocycles. The summed E-state index contributed by atoms with van der Waals surface area (Å²) in [5.74, 6) is -0.221. The zero-order chi connectivity index (χ0) is 15.9. The molecule has 2 aromatic rings. The van der Waals surface area contributed by atoms with Gasteiger partial charge in [-0.25, -0.2) is 4.98 Å². The van der Waals surface area contributed by atoms with E-state index in [0.717, 1.165) is 11.4 Å². The molecule has 0 radical (unpaired) electrons. The number of carbonyl (C=O) groups excluding carboxylic acids is 1. The molecule has 116 valence electrons. The van der Waals surface area contributed by atoms with Crippen LogP contribution in [0.15, 0.2) is 30.5 Å². The van der Waals surface area contributed by atoms with Crippen LogP contribution in [0, 0.1) is 10.1 Å². The molecule has 1 N–H and O–H groups in total. The maximum absolute atomic E-state index is 11.9. The van der Waals surface area contributed by atoms with Crippen molar-refractivity contribution in [3.05, 3.63) is 56.0 Å². The zero-order valence-corrected chi connectivity index (χ0v) is 13.1. The van der Waals surface area contributed by atoms with E-state index in [0.29, 0.717) is 18.5 Å². The highest BCUT2D eigenvalue weighted by Gasteiger charge is 2.15. The molecule has 0 bridgehead atoms. The van der Waals surface area contributed by atoms with Gasteiger partial charge in [-0.1, -0.05) is 25.1 Å². The van der Waals surface area contributed by atoms with Crippen LogP contribution >= 0.6 is 11.3 Å². The van der Waals surface area contributed by atoms with E-state index in [-0.39, 0.29) is 18.0 Å².